The maximum Gasteiger partial charge on any atom is 0.203 e. The lowest BCUT2D eigenvalue weighted by Crippen LogP contribution is -1.97. The Hall–Kier alpha value is -1.94. The van der Waals surface area contributed by atoms with Crippen LogP contribution in [0.2, 0.25) is 0 Å². The zero-order chi connectivity index (χ0) is 13.8. The summed E-state index contributed by atoms with van der Waals surface area (Å²) in [4.78, 5) is 0. The Bertz CT molecular complexity index is 578. The highest BCUT2D eigenvalue weighted by molar-refractivity contribution is 5.93. The van der Waals surface area contributed by atoms with E-state index in [9.17, 15) is 0 Å². The molecule has 0 aliphatic carbocycles. The molecule has 0 spiro atoms. The highest BCUT2D eigenvalue weighted by atomic mass is 16.5. The molecule has 1 N–H and O–H groups in total. The zero-order valence-corrected chi connectivity index (χ0v) is 11.4. The normalized spacial score (nSPS) is 10.5. The summed E-state index contributed by atoms with van der Waals surface area (Å²) in [6, 6.07) is 7.90. The Morgan fingerprint density at radius 1 is 0.947 bits per heavy atom. The molecule has 102 valence electrons. The lowest BCUT2D eigenvalue weighted by atomic mass is 10.0. The van der Waals surface area contributed by atoms with Crippen molar-refractivity contribution in [1.82, 2.24) is 0 Å². The van der Waals surface area contributed by atoms with E-state index in [0.29, 0.717) is 23.7 Å². The van der Waals surface area contributed by atoms with Gasteiger partial charge in [-0.3, -0.25) is 0 Å². The molecule has 0 unspecified atom stereocenters. The van der Waals surface area contributed by atoms with Gasteiger partial charge in [-0.05, 0) is 29.5 Å². The average Bonchev–Trinajstić information content (AvgIpc) is 2.45. The van der Waals surface area contributed by atoms with E-state index in [1.54, 1.807) is 21.3 Å². The van der Waals surface area contributed by atoms with Crippen molar-refractivity contribution in [2.24, 2.45) is 0 Å². The van der Waals surface area contributed by atoms with E-state index >= 15 is 0 Å². The number of hydrogen-bond donors (Lipinski definition) is 1. The van der Waals surface area contributed by atoms with Crippen LogP contribution in [-0.2, 0) is 6.42 Å². The summed E-state index contributed by atoms with van der Waals surface area (Å²) in [5.74, 6) is 1.87. The molecule has 0 aliphatic heterocycles. The number of benzene rings is 2. The van der Waals surface area contributed by atoms with Gasteiger partial charge < -0.3 is 19.3 Å². The standard InChI is InChI=1S/C15H18O4/c1-17-13-9-11-5-4-10(6-7-16)8-12(11)14(18-2)15(13)19-3/h4-5,8-9,16H,6-7H2,1-3H3. The minimum absolute atomic E-state index is 0.126. The molecule has 0 saturated carbocycles. The van der Waals surface area contributed by atoms with Gasteiger partial charge in [0.15, 0.2) is 11.5 Å². The second-order valence-corrected chi connectivity index (χ2v) is 4.17. The van der Waals surface area contributed by atoms with Crippen LogP contribution in [0, 0.1) is 0 Å². The van der Waals surface area contributed by atoms with Gasteiger partial charge in [-0.15, -0.1) is 0 Å². The smallest absolute Gasteiger partial charge is 0.203 e. The van der Waals surface area contributed by atoms with Crippen LogP contribution < -0.4 is 14.2 Å². The fourth-order valence-electron chi connectivity index (χ4n) is 2.20. The molecule has 2 rings (SSSR count). The van der Waals surface area contributed by atoms with Gasteiger partial charge in [-0.1, -0.05) is 12.1 Å². The number of ether oxygens (including phenoxy) is 3. The first-order valence-electron chi connectivity index (χ1n) is 6.07. The first-order valence-corrected chi connectivity index (χ1v) is 6.07. The van der Waals surface area contributed by atoms with E-state index < -0.39 is 0 Å². The average molecular weight is 262 g/mol. The Morgan fingerprint density at radius 2 is 1.68 bits per heavy atom. The number of aliphatic hydroxyl groups excluding tert-OH is 1. The van der Waals surface area contributed by atoms with Crippen LogP contribution in [0.5, 0.6) is 17.2 Å². The van der Waals surface area contributed by atoms with Crippen LogP contribution in [0.3, 0.4) is 0 Å². The molecule has 0 heterocycles. The highest BCUT2D eigenvalue weighted by Gasteiger charge is 2.15. The first kappa shape index (κ1) is 13.5. The molecule has 4 nitrogen and oxygen atoms in total. The van der Waals surface area contributed by atoms with E-state index in [4.69, 9.17) is 19.3 Å². The van der Waals surface area contributed by atoms with Crippen molar-refractivity contribution in [2.45, 2.75) is 6.42 Å². The lowest BCUT2D eigenvalue weighted by Gasteiger charge is -2.15. The third-order valence-electron chi connectivity index (χ3n) is 3.11. The van der Waals surface area contributed by atoms with Crippen molar-refractivity contribution in [3.05, 3.63) is 29.8 Å². The Labute approximate surface area is 112 Å². The maximum absolute atomic E-state index is 9.03. The largest absolute Gasteiger partial charge is 0.493 e. The molecule has 0 radical (unpaired) electrons. The molecule has 19 heavy (non-hydrogen) atoms. The van der Waals surface area contributed by atoms with Crippen LogP contribution in [0.1, 0.15) is 5.56 Å². The summed E-state index contributed by atoms with van der Waals surface area (Å²) in [7, 11) is 4.79. The van der Waals surface area contributed by atoms with Crippen LogP contribution in [0.4, 0.5) is 0 Å². The third-order valence-corrected chi connectivity index (χ3v) is 3.11. The number of aliphatic hydroxyl groups is 1. The zero-order valence-electron chi connectivity index (χ0n) is 11.4. The van der Waals surface area contributed by atoms with Gasteiger partial charge in [0.2, 0.25) is 5.75 Å². The van der Waals surface area contributed by atoms with Crippen LogP contribution >= 0.6 is 0 Å². The summed E-state index contributed by atoms with van der Waals surface area (Å²) in [5, 5.41) is 11.0. The fraction of sp³-hybridized carbons (Fsp3) is 0.333. The van der Waals surface area contributed by atoms with Gasteiger partial charge in [0, 0.05) is 12.0 Å². The molecule has 0 aromatic heterocycles. The molecular formula is C15H18O4. The lowest BCUT2D eigenvalue weighted by molar-refractivity contribution is 0.299. The number of hydrogen-bond acceptors (Lipinski definition) is 4. The molecule has 0 fully saturated rings. The summed E-state index contributed by atoms with van der Waals surface area (Å²) < 4.78 is 16.1. The Balaban J connectivity index is 2.71. The molecule has 4 heteroatoms. The number of rotatable bonds is 5. The van der Waals surface area contributed by atoms with E-state index in [1.807, 2.05) is 24.3 Å². The molecule has 0 atom stereocenters. The highest BCUT2D eigenvalue weighted by Crippen LogP contribution is 2.43. The number of methoxy groups -OCH3 is 3. The van der Waals surface area contributed by atoms with Crippen molar-refractivity contribution < 1.29 is 19.3 Å². The summed E-state index contributed by atoms with van der Waals surface area (Å²) in [6.45, 7) is 0.126. The van der Waals surface area contributed by atoms with Crippen LogP contribution in [0.15, 0.2) is 24.3 Å². The van der Waals surface area contributed by atoms with Crippen molar-refractivity contribution in [3.63, 3.8) is 0 Å². The number of fused-ring (bicyclic) bond motifs is 1. The van der Waals surface area contributed by atoms with Gasteiger partial charge >= 0.3 is 0 Å². The van der Waals surface area contributed by atoms with E-state index in [0.717, 1.165) is 16.3 Å². The van der Waals surface area contributed by atoms with E-state index in [-0.39, 0.29) is 6.61 Å². The van der Waals surface area contributed by atoms with Gasteiger partial charge in [-0.25, -0.2) is 0 Å². The quantitative estimate of drug-likeness (QED) is 0.899. The van der Waals surface area contributed by atoms with Gasteiger partial charge in [0.1, 0.15) is 0 Å². The Morgan fingerprint density at radius 3 is 2.26 bits per heavy atom. The van der Waals surface area contributed by atoms with Crippen molar-refractivity contribution >= 4 is 10.8 Å². The van der Waals surface area contributed by atoms with Crippen LogP contribution in [0.25, 0.3) is 10.8 Å². The summed E-state index contributed by atoms with van der Waals surface area (Å²) in [5.41, 5.74) is 1.06. The minimum atomic E-state index is 0.126. The topological polar surface area (TPSA) is 47.9 Å². The molecule has 0 amide bonds. The fourth-order valence-corrected chi connectivity index (χ4v) is 2.20. The van der Waals surface area contributed by atoms with Gasteiger partial charge in [0.05, 0.1) is 21.3 Å². The van der Waals surface area contributed by atoms with Crippen molar-refractivity contribution in [3.8, 4) is 17.2 Å². The van der Waals surface area contributed by atoms with Gasteiger partial charge in [0.25, 0.3) is 0 Å². The molecule has 2 aromatic carbocycles. The maximum atomic E-state index is 9.03. The predicted molar refractivity (Wildman–Crippen MR) is 74.4 cm³/mol. The summed E-state index contributed by atoms with van der Waals surface area (Å²) >= 11 is 0. The molecule has 0 aliphatic rings. The molecule has 0 saturated heterocycles. The minimum Gasteiger partial charge on any atom is -0.493 e. The summed E-state index contributed by atoms with van der Waals surface area (Å²) in [6.07, 6.45) is 0.618. The molecular weight excluding hydrogens is 244 g/mol. The molecule has 2 aromatic rings. The van der Waals surface area contributed by atoms with Crippen molar-refractivity contribution in [1.29, 1.82) is 0 Å². The van der Waals surface area contributed by atoms with E-state index in [1.165, 1.54) is 0 Å². The monoisotopic (exact) mass is 262 g/mol. The SMILES string of the molecule is COc1cc2ccc(CCO)cc2c(OC)c1OC. The van der Waals surface area contributed by atoms with Crippen LogP contribution in [-0.4, -0.2) is 33.0 Å². The third kappa shape index (κ3) is 2.44. The van der Waals surface area contributed by atoms with E-state index in [2.05, 4.69) is 0 Å². The van der Waals surface area contributed by atoms with Crippen molar-refractivity contribution in [2.75, 3.05) is 27.9 Å². The molecule has 0 bridgehead atoms. The first-order chi connectivity index (χ1) is 9.24. The second kappa shape index (κ2) is 5.80. The predicted octanol–water partition coefficient (Wildman–Crippen LogP) is 2.40. The Kier molecular flexibility index (Phi) is 4.12. The second-order valence-electron chi connectivity index (χ2n) is 4.17. The van der Waals surface area contributed by atoms with Gasteiger partial charge in [-0.2, -0.15) is 0 Å².